The van der Waals surface area contributed by atoms with Crippen LogP contribution >= 0.6 is 0 Å². The third-order valence-electron chi connectivity index (χ3n) is 6.43. The first kappa shape index (κ1) is 26.5. The van der Waals surface area contributed by atoms with E-state index in [4.69, 9.17) is 9.47 Å². The molecule has 2 aliphatic rings. The Kier molecular flexibility index (Phi) is 6.29. The van der Waals surface area contributed by atoms with Crippen LogP contribution in [0.15, 0.2) is 66.9 Å². The Morgan fingerprint density at radius 2 is 1.88 bits per heavy atom. The average molecular weight is 574 g/mol. The van der Waals surface area contributed by atoms with Crippen molar-refractivity contribution >= 4 is 11.6 Å². The molecule has 2 aromatic heterocycles. The fourth-order valence-electron chi connectivity index (χ4n) is 4.59. The Bertz CT molecular complexity index is 1630. The normalized spacial score (nSPS) is 17.2. The summed E-state index contributed by atoms with van der Waals surface area (Å²) in [5.74, 6) is -0.816. The van der Waals surface area contributed by atoms with Crippen LogP contribution in [0.2, 0.25) is 0 Å². The zero-order chi connectivity index (χ0) is 28.9. The second-order valence-electron chi connectivity index (χ2n) is 9.12. The van der Waals surface area contributed by atoms with Gasteiger partial charge in [-0.2, -0.15) is 18.3 Å². The number of ether oxygens (including phenoxy) is 4. The molecule has 0 saturated carbocycles. The van der Waals surface area contributed by atoms with Gasteiger partial charge < -0.3 is 23.8 Å². The van der Waals surface area contributed by atoms with Crippen LogP contribution in [0.5, 0.6) is 17.4 Å². The molecule has 0 fully saturated rings. The largest absolute Gasteiger partial charge is 0.586 e. The SMILES string of the molecule is CN(C(=O)c1cccc(-n2nc(C(F)(F)F)c3c2C(Oc2ccccn2)COC3)c1)c1ccc2c(c1)OC(F)(F)O2. The maximum absolute atomic E-state index is 14.0. The van der Waals surface area contributed by atoms with Crippen LogP contribution in [0.3, 0.4) is 0 Å². The van der Waals surface area contributed by atoms with E-state index >= 15 is 0 Å². The molecular formula is C27H19F5N4O5. The number of rotatable bonds is 5. The molecule has 1 unspecified atom stereocenters. The maximum Gasteiger partial charge on any atom is 0.586 e. The zero-order valence-electron chi connectivity index (χ0n) is 21.1. The fourth-order valence-corrected chi connectivity index (χ4v) is 4.59. The van der Waals surface area contributed by atoms with E-state index in [-0.39, 0.29) is 58.8 Å². The minimum absolute atomic E-state index is 0.0584. The number of hydrogen-bond acceptors (Lipinski definition) is 7. The summed E-state index contributed by atoms with van der Waals surface area (Å²) in [6, 6.07) is 14.6. The molecule has 4 aromatic rings. The maximum atomic E-state index is 14.0. The molecule has 0 saturated heterocycles. The van der Waals surface area contributed by atoms with Gasteiger partial charge in [-0.15, -0.1) is 8.78 Å². The highest BCUT2D eigenvalue weighted by atomic mass is 19.4. The Balaban J connectivity index is 1.36. The molecule has 0 spiro atoms. The molecule has 41 heavy (non-hydrogen) atoms. The van der Waals surface area contributed by atoms with E-state index in [9.17, 15) is 26.7 Å². The summed E-state index contributed by atoms with van der Waals surface area (Å²) in [5, 5.41) is 3.87. The van der Waals surface area contributed by atoms with Crippen molar-refractivity contribution in [1.82, 2.24) is 14.8 Å². The summed E-state index contributed by atoms with van der Waals surface area (Å²) in [6.45, 7) is -0.395. The van der Waals surface area contributed by atoms with Gasteiger partial charge in [0.05, 0.1) is 24.6 Å². The second kappa shape index (κ2) is 9.73. The van der Waals surface area contributed by atoms with Crippen molar-refractivity contribution in [2.24, 2.45) is 0 Å². The minimum Gasteiger partial charge on any atom is -0.465 e. The minimum atomic E-state index is -4.78. The predicted molar refractivity (Wildman–Crippen MR) is 131 cm³/mol. The van der Waals surface area contributed by atoms with Gasteiger partial charge >= 0.3 is 12.5 Å². The number of amides is 1. The van der Waals surface area contributed by atoms with Gasteiger partial charge in [0.15, 0.2) is 23.3 Å². The number of halogens is 5. The average Bonchev–Trinajstić information content (AvgIpc) is 3.49. The molecule has 1 amide bonds. The molecule has 6 rings (SSSR count). The van der Waals surface area contributed by atoms with Gasteiger partial charge in [-0.05, 0) is 36.4 Å². The number of carbonyl (C=O) groups excluding carboxylic acids is 1. The van der Waals surface area contributed by atoms with E-state index in [2.05, 4.69) is 19.6 Å². The van der Waals surface area contributed by atoms with E-state index in [1.54, 1.807) is 18.2 Å². The molecule has 2 aromatic carbocycles. The van der Waals surface area contributed by atoms with E-state index in [0.29, 0.717) is 0 Å². The van der Waals surface area contributed by atoms with Crippen LogP contribution in [0.1, 0.15) is 33.4 Å². The number of nitrogens with zero attached hydrogens (tertiary/aromatic N) is 4. The molecular weight excluding hydrogens is 555 g/mol. The second-order valence-corrected chi connectivity index (χ2v) is 9.12. The van der Waals surface area contributed by atoms with Crippen molar-refractivity contribution in [3.8, 4) is 23.1 Å². The van der Waals surface area contributed by atoms with Crippen molar-refractivity contribution in [1.29, 1.82) is 0 Å². The number of fused-ring (bicyclic) bond motifs is 2. The van der Waals surface area contributed by atoms with Crippen molar-refractivity contribution in [2.45, 2.75) is 25.2 Å². The van der Waals surface area contributed by atoms with Gasteiger partial charge in [0.2, 0.25) is 5.88 Å². The van der Waals surface area contributed by atoms with Crippen LogP contribution in [-0.2, 0) is 17.5 Å². The lowest BCUT2D eigenvalue weighted by molar-refractivity contribution is -0.286. The topological polar surface area (TPSA) is 87.9 Å². The Morgan fingerprint density at radius 3 is 2.63 bits per heavy atom. The third-order valence-corrected chi connectivity index (χ3v) is 6.43. The van der Waals surface area contributed by atoms with Crippen molar-refractivity contribution < 1.29 is 45.7 Å². The number of hydrogen-bond donors (Lipinski definition) is 0. The number of alkyl halides is 5. The molecule has 0 aliphatic carbocycles. The highest BCUT2D eigenvalue weighted by Gasteiger charge is 2.44. The lowest BCUT2D eigenvalue weighted by atomic mass is 10.1. The monoisotopic (exact) mass is 574 g/mol. The van der Waals surface area contributed by atoms with Crippen LogP contribution in [0.4, 0.5) is 27.6 Å². The highest BCUT2D eigenvalue weighted by Crippen LogP contribution is 2.43. The van der Waals surface area contributed by atoms with Gasteiger partial charge in [-0.3, -0.25) is 4.79 Å². The van der Waals surface area contributed by atoms with Crippen molar-refractivity contribution in [3.05, 3.63) is 89.4 Å². The highest BCUT2D eigenvalue weighted by molar-refractivity contribution is 6.06. The zero-order valence-corrected chi connectivity index (χ0v) is 21.1. The van der Waals surface area contributed by atoms with Crippen LogP contribution < -0.4 is 19.1 Å². The molecule has 4 heterocycles. The lowest BCUT2D eigenvalue weighted by Gasteiger charge is -2.25. The molecule has 9 nitrogen and oxygen atoms in total. The first-order chi connectivity index (χ1) is 19.5. The summed E-state index contributed by atoms with van der Waals surface area (Å²) in [6.07, 6.45) is -8.10. The standard InChI is InChI=1S/C27H19F5N4O5/c1-35(16-8-9-19-20(12-16)41-27(31,32)40-19)25(37)15-5-4-6-17(11-15)36-23-18(24(34-36)26(28,29)30)13-38-14-21(23)39-22-7-2-3-10-33-22/h2-12,21H,13-14H2,1H3. The van der Waals surface area contributed by atoms with Crippen LogP contribution in [0, 0.1) is 0 Å². The van der Waals surface area contributed by atoms with E-state index in [0.717, 1.165) is 4.68 Å². The summed E-state index contributed by atoms with van der Waals surface area (Å²) in [7, 11) is 1.41. The molecule has 14 heteroatoms. The van der Waals surface area contributed by atoms with Crippen molar-refractivity contribution in [3.63, 3.8) is 0 Å². The summed E-state index contributed by atoms with van der Waals surface area (Å²) in [5.41, 5.74) is -0.720. The fraction of sp³-hybridized carbons (Fsp3) is 0.222. The smallest absolute Gasteiger partial charge is 0.465 e. The van der Waals surface area contributed by atoms with Gasteiger partial charge in [-0.1, -0.05) is 12.1 Å². The first-order valence-electron chi connectivity index (χ1n) is 12.1. The van der Waals surface area contributed by atoms with E-state index in [1.165, 1.54) is 60.6 Å². The quantitative estimate of drug-likeness (QED) is 0.290. The van der Waals surface area contributed by atoms with Gasteiger partial charge in [0, 0.05) is 42.2 Å². The van der Waals surface area contributed by atoms with Gasteiger partial charge in [0.1, 0.15) is 0 Å². The molecule has 2 aliphatic heterocycles. The molecule has 0 radical (unpaired) electrons. The number of benzene rings is 2. The first-order valence-corrected chi connectivity index (χ1v) is 12.1. The Hall–Kier alpha value is -4.72. The Morgan fingerprint density at radius 1 is 1.07 bits per heavy atom. The number of carbonyl (C=O) groups is 1. The number of pyridine rings is 1. The third kappa shape index (κ3) is 5.01. The summed E-state index contributed by atoms with van der Waals surface area (Å²) in [4.78, 5) is 18.6. The van der Waals surface area contributed by atoms with Crippen LogP contribution in [0.25, 0.3) is 5.69 Å². The van der Waals surface area contributed by atoms with E-state index < -0.39 is 30.2 Å². The molecule has 0 N–H and O–H groups in total. The molecule has 212 valence electrons. The summed E-state index contributed by atoms with van der Waals surface area (Å²) < 4.78 is 90.0. The van der Waals surface area contributed by atoms with Crippen LogP contribution in [-0.4, -0.2) is 40.6 Å². The number of anilines is 1. The van der Waals surface area contributed by atoms with Crippen molar-refractivity contribution in [2.75, 3.05) is 18.6 Å². The lowest BCUT2D eigenvalue weighted by Crippen LogP contribution is -2.27. The Labute approximate surface area is 228 Å². The molecule has 1 atom stereocenters. The number of aromatic nitrogens is 3. The predicted octanol–water partition coefficient (Wildman–Crippen LogP) is 5.53. The summed E-state index contributed by atoms with van der Waals surface area (Å²) >= 11 is 0. The van der Waals surface area contributed by atoms with Gasteiger partial charge in [-0.25, -0.2) is 9.67 Å². The molecule has 0 bridgehead atoms. The van der Waals surface area contributed by atoms with Gasteiger partial charge in [0.25, 0.3) is 5.91 Å². The van der Waals surface area contributed by atoms with E-state index in [1.807, 2.05) is 0 Å².